The van der Waals surface area contributed by atoms with Crippen LogP contribution in [0.25, 0.3) is 0 Å². The van der Waals surface area contributed by atoms with Crippen LogP contribution in [0, 0.1) is 0 Å². The fourth-order valence-electron chi connectivity index (χ4n) is 1.86. The number of likely N-dealkylation sites (N-methyl/N-ethyl adjacent to an activating group) is 1. The molecule has 0 radical (unpaired) electrons. The Hall–Kier alpha value is -0.880. The fraction of sp³-hybridized carbons (Fsp3) is 0.727. The molecule has 1 unspecified atom stereocenters. The highest BCUT2D eigenvalue weighted by Gasteiger charge is 2.26. The predicted octanol–water partition coefficient (Wildman–Crippen LogP) is -0.202. The maximum atomic E-state index is 11.8. The third-order valence-electron chi connectivity index (χ3n) is 2.66. The lowest BCUT2D eigenvalue weighted by atomic mass is 10.2. The Morgan fingerprint density at radius 3 is 2.71 bits per heavy atom. The average molecular weight is 260 g/mol. The molecule has 0 spiro atoms. The molecule has 0 aliphatic carbocycles. The first-order chi connectivity index (χ1) is 7.80. The van der Waals surface area contributed by atoms with Crippen molar-refractivity contribution in [3.8, 4) is 0 Å². The molecule has 1 saturated heterocycles. The molecule has 1 amide bonds. The van der Waals surface area contributed by atoms with Gasteiger partial charge in [-0.05, 0) is 6.92 Å². The zero-order valence-corrected chi connectivity index (χ0v) is 11.2. The zero-order valence-electron chi connectivity index (χ0n) is 10.4. The van der Waals surface area contributed by atoms with Crippen LogP contribution in [-0.4, -0.2) is 56.9 Å². The Bertz CT molecular complexity index is 403. The van der Waals surface area contributed by atoms with Gasteiger partial charge in [0.25, 0.3) is 0 Å². The molecule has 1 rings (SSSR count). The number of nitrogens with zero attached hydrogens (tertiary/aromatic N) is 1. The molecule has 0 aromatic rings. The summed E-state index contributed by atoms with van der Waals surface area (Å²) in [5, 5.41) is 3.06. The van der Waals surface area contributed by atoms with E-state index in [0.717, 1.165) is 5.57 Å². The van der Waals surface area contributed by atoms with Gasteiger partial charge < -0.3 is 10.2 Å². The molecule has 1 fully saturated rings. The summed E-state index contributed by atoms with van der Waals surface area (Å²) in [6.45, 7) is 6.54. The van der Waals surface area contributed by atoms with E-state index in [-0.39, 0.29) is 29.9 Å². The van der Waals surface area contributed by atoms with Crippen LogP contribution in [0.4, 0.5) is 0 Å². The van der Waals surface area contributed by atoms with Crippen molar-refractivity contribution < 1.29 is 13.2 Å². The highest BCUT2D eigenvalue weighted by Crippen LogP contribution is 2.07. The van der Waals surface area contributed by atoms with Crippen LogP contribution in [0.15, 0.2) is 12.2 Å². The summed E-state index contributed by atoms with van der Waals surface area (Å²) in [6, 6.07) is -0.256. The molecule has 0 aromatic carbocycles. The van der Waals surface area contributed by atoms with Crippen molar-refractivity contribution in [1.29, 1.82) is 0 Å². The summed E-state index contributed by atoms with van der Waals surface area (Å²) in [7, 11) is -1.27. The first-order valence-corrected chi connectivity index (χ1v) is 7.44. The summed E-state index contributed by atoms with van der Waals surface area (Å²) < 4.78 is 22.8. The Balaban J connectivity index is 2.48. The first-order valence-electron chi connectivity index (χ1n) is 5.62. The van der Waals surface area contributed by atoms with E-state index >= 15 is 0 Å². The van der Waals surface area contributed by atoms with E-state index in [1.807, 2.05) is 6.92 Å². The van der Waals surface area contributed by atoms with Crippen molar-refractivity contribution >= 4 is 15.7 Å². The van der Waals surface area contributed by atoms with Gasteiger partial charge in [-0.2, -0.15) is 0 Å². The lowest BCUT2D eigenvalue weighted by Gasteiger charge is -2.25. The van der Waals surface area contributed by atoms with Gasteiger partial charge in [0.05, 0.1) is 11.5 Å². The molecule has 98 valence electrons. The van der Waals surface area contributed by atoms with Crippen LogP contribution in [0.2, 0.25) is 0 Å². The number of nitrogens with one attached hydrogen (secondary N) is 1. The molecule has 0 saturated carbocycles. The molecular weight excluding hydrogens is 240 g/mol. The zero-order chi connectivity index (χ0) is 13.1. The molecule has 1 atom stereocenters. The average Bonchev–Trinajstić information content (AvgIpc) is 2.14. The second-order valence-corrected chi connectivity index (χ2v) is 6.91. The minimum atomic E-state index is -2.98. The van der Waals surface area contributed by atoms with Gasteiger partial charge >= 0.3 is 0 Å². The molecule has 5 nitrogen and oxygen atoms in total. The Morgan fingerprint density at radius 2 is 2.18 bits per heavy atom. The van der Waals surface area contributed by atoms with E-state index in [0.29, 0.717) is 13.1 Å². The summed E-state index contributed by atoms with van der Waals surface area (Å²) in [4.78, 5) is 13.4. The van der Waals surface area contributed by atoms with Crippen LogP contribution in [0.5, 0.6) is 0 Å². The molecule has 1 aliphatic rings. The number of rotatable bonds is 4. The summed E-state index contributed by atoms with van der Waals surface area (Å²) in [6.07, 6.45) is 0.225. The minimum Gasteiger partial charge on any atom is -0.342 e. The Labute approximate surface area is 103 Å². The van der Waals surface area contributed by atoms with Crippen LogP contribution >= 0.6 is 0 Å². The first kappa shape index (κ1) is 14.2. The van der Waals surface area contributed by atoms with Crippen LogP contribution in [0.1, 0.15) is 13.3 Å². The van der Waals surface area contributed by atoms with Gasteiger partial charge in [0.1, 0.15) is 0 Å². The largest absolute Gasteiger partial charge is 0.342 e. The number of amides is 1. The highest BCUT2D eigenvalue weighted by molar-refractivity contribution is 7.91. The van der Waals surface area contributed by atoms with E-state index < -0.39 is 9.84 Å². The molecule has 0 bridgehead atoms. The summed E-state index contributed by atoms with van der Waals surface area (Å²) >= 11 is 0. The van der Waals surface area contributed by atoms with Crippen molar-refractivity contribution in [1.82, 2.24) is 10.2 Å². The van der Waals surface area contributed by atoms with Crippen LogP contribution < -0.4 is 5.32 Å². The maximum absolute atomic E-state index is 11.8. The van der Waals surface area contributed by atoms with Crippen molar-refractivity contribution in [3.63, 3.8) is 0 Å². The Morgan fingerprint density at radius 1 is 1.53 bits per heavy atom. The highest BCUT2D eigenvalue weighted by atomic mass is 32.2. The van der Waals surface area contributed by atoms with Gasteiger partial charge in [0.15, 0.2) is 9.84 Å². The monoisotopic (exact) mass is 260 g/mol. The number of hydrogen-bond donors (Lipinski definition) is 1. The third-order valence-corrected chi connectivity index (χ3v) is 4.39. The van der Waals surface area contributed by atoms with E-state index in [4.69, 9.17) is 0 Å². The molecular formula is C11H20N2O3S. The van der Waals surface area contributed by atoms with E-state index in [2.05, 4.69) is 11.9 Å². The number of sulfone groups is 1. The van der Waals surface area contributed by atoms with E-state index in [1.54, 1.807) is 11.9 Å². The van der Waals surface area contributed by atoms with Crippen molar-refractivity contribution in [2.75, 3.05) is 31.6 Å². The van der Waals surface area contributed by atoms with Crippen molar-refractivity contribution in [3.05, 3.63) is 12.2 Å². The topological polar surface area (TPSA) is 66.5 Å². The fourth-order valence-corrected chi connectivity index (χ4v) is 3.30. The molecule has 1 heterocycles. The minimum absolute atomic E-state index is 0.0531. The standard InChI is InChI=1S/C11H20N2O3S/c1-9(2)7-13(3)11(14)6-10-8-17(15,16)5-4-12-10/h10,12H,1,4-8H2,2-3H3. The Kier molecular flexibility index (Phi) is 4.70. The second kappa shape index (κ2) is 5.64. The van der Waals surface area contributed by atoms with E-state index in [9.17, 15) is 13.2 Å². The van der Waals surface area contributed by atoms with Crippen molar-refractivity contribution in [2.24, 2.45) is 0 Å². The number of carbonyl (C=O) groups excluding carboxylic acids is 1. The van der Waals surface area contributed by atoms with Gasteiger partial charge in [0, 0.05) is 32.6 Å². The summed E-state index contributed by atoms with van der Waals surface area (Å²) in [5.41, 5.74) is 0.907. The molecule has 0 aromatic heterocycles. The van der Waals surface area contributed by atoms with Gasteiger partial charge in [-0.15, -0.1) is 0 Å². The van der Waals surface area contributed by atoms with Gasteiger partial charge in [-0.1, -0.05) is 12.2 Å². The quantitative estimate of drug-likeness (QED) is 0.711. The number of hydrogen-bond acceptors (Lipinski definition) is 4. The smallest absolute Gasteiger partial charge is 0.224 e. The van der Waals surface area contributed by atoms with Gasteiger partial charge in [-0.3, -0.25) is 4.79 Å². The van der Waals surface area contributed by atoms with Crippen LogP contribution in [-0.2, 0) is 14.6 Å². The lowest BCUT2D eigenvalue weighted by Crippen LogP contribution is -2.47. The second-order valence-electron chi connectivity index (χ2n) is 4.68. The van der Waals surface area contributed by atoms with Crippen LogP contribution in [0.3, 0.4) is 0 Å². The number of carbonyl (C=O) groups is 1. The van der Waals surface area contributed by atoms with E-state index in [1.165, 1.54) is 0 Å². The molecule has 17 heavy (non-hydrogen) atoms. The lowest BCUT2D eigenvalue weighted by molar-refractivity contribution is -0.129. The molecule has 1 aliphatic heterocycles. The van der Waals surface area contributed by atoms with Gasteiger partial charge in [0.2, 0.25) is 5.91 Å². The normalized spacial score (nSPS) is 23.1. The summed E-state index contributed by atoms with van der Waals surface area (Å²) in [5.74, 6) is 0.168. The van der Waals surface area contributed by atoms with Crippen molar-refractivity contribution in [2.45, 2.75) is 19.4 Å². The third kappa shape index (κ3) is 4.87. The SMILES string of the molecule is C=C(C)CN(C)C(=O)CC1CS(=O)(=O)CCN1. The predicted molar refractivity (Wildman–Crippen MR) is 67.5 cm³/mol. The van der Waals surface area contributed by atoms with Gasteiger partial charge in [-0.25, -0.2) is 8.42 Å². The maximum Gasteiger partial charge on any atom is 0.224 e. The molecule has 1 N–H and O–H groups in total. The molecule has 6 heteroatoms.